The number of carbonyl (C=O) groups excluding carboxylic acids is 1. The predicted molar refractivity (Wildman–Crippen MR) is 93.7 cm³/mol. The van der Waals surface area contributed by atoms with E-state index in [1.807, 2.05) is 0 Å². The molecule has 0 fully saturated rings. The number of halogens is 3. The van der Waals surface area contributed by atoms with Crippen LogP contribution in [0.4, 0.5) is 0 Å². The summed E-state index contributed by atoms with van der Waals surface area (Å²) in [5, 5.41) is 5.26. The lowest BCUT2D eigenvalue weighted by atomic mass is 10.2. The molecule has 2 rings (SSSR count). The number of hydrogen-bond donors (Lipinski definition) is 1. The summed E-state index contributed by atoms with van der Waals surface area (Å²) < 4.78 is 5.48. The minimum Gasteiger partial charge on any atom is -0.481 e. The van der Waals surface area contributed by atoms with Crippen LogP contribution < -0.4 is 10.2 Å². The Morgan fingerprint density at radius 1 is 1.17 bits per heavy atom. The van der Waals surface area contributed by atoms with Gasteiger partial charge in [0.1, 0.15) is 5.75 Å². The SMILES string of the molecule is C[C@@H](Oc1cccc(Cl)c1)C(=O)N/N=C\c1c(Cl)cccc1Cl. The zero-order chi connectivity index (χ0) is 16.8. The summed E-state index contributed by atoms with van der Waals surface area (Å²) in [4.78, 5) is 11.9. The number of nitrogens with zero attached hydrogens (tertiary/aromatic N) is 1. The maximum atomic E-state index is 11.9. The molecule has 2 aromatic rings. The Balaban J connectivity index is 1.95. The van der Waals surface area contributed by atoms with Gasteiger partial charge in [-0.05, 0) is 37.3 Å². The van der Waals surface area contributed by atoms with Crippen molar-refractivity contribution < 1.29 is 9.53 Å². The fourth-order valence-electron chi connectivity index (χ4n) is 1.68. The van der Waals surface area contributed by atoms with Gasteiger partial charge in [0.05, 0.1) is 16.3 Å². The van der Waals surface area contributed by atoms with Crippen molar-refractivity contribution in [3.8, 4) is 5.75 Å². The standard InChI is InChI=1S/C16H13Cl3N2O2/c1-10(23-12-5-2-4-11(17)8-12)16(22)21-20-9-13-14(18)6-3-7-15(13)19/h2-10H,1H3,(H,21,22)/b20-9-/t10-/m1/s1. The average molecular weight is 372 g/mol. The number of ether oxygens (including phenoxy) is 1. The summed E-state index contributed by atoms with van der Waals surface area (Å²) in [6.45, 7) is 1.61. The fourth-order valence-corrected chi connectivity index (χ4v) is 2.36. The molecular formula is C16H13Cl3N2O2. The molecule has 0 saturated heterocycles. The molecule has 0 radical (unpaired) electrons. The largest absolute Gasteiger partial charge is 0.481 e. The van der Waals surface area contributed by atoms with Crippen LogP contribution >= 0.6 is 34.8 Å². The zero-order valence-electron chi connectivity index (χ0n) is 12.1. The third-order valence-corrected chi connectivity index (χ3v) is 3.74. The molecule has 0 aromatic heterocycles. The van der Waals surface area contributed by atoms with Crippen molar-refractivity contribution in [3.05, 3.63) is 63.1 Å². The third-order valence-electron chi connectivity index (χ3n) is 2.85. The Kier molecular flexibility index (Phi) is 6.28. The van der Waals surface area contributed by atoms with Gasteiger partial charge in [-0.1, -0.05) is 46.9 Å². The van der Waals surface area contributed by atoms with Crippen molar-refractivity contribution in [3.63, 3.8) is 0 Å². The highest BCUT2D eigenvalue weighted by Crippen LogP contribution is 2.22. The van der Waals surface area contributed by atoms with E-state index in [1.165, 1.54) is 6.21 Å². The van der Waals surface area contributed by atoms with Crippen LogP contribution in [0.2, 0.25) is 15.1 Å². The minimum atomic E-state index is -0.743. The topological polar surface area (TPSA) is 50.7 Å². The van der Waals surface area contributed by atoms with E-state index >= 15 is 0 Å². The Bertz CT molecular complexity index is 715. The zero-order valence-corrected chi connectivity index (χ0v) is 14.4. The molecular weight excluding hydrogens is 359 g/mol. The second kappa shape index (κ2) is 8.20. The summed E-state index contributed by atoms with van der Waals surface area (Å²) in [6, 6.07) is 11.9. The van der Waals surface area contributed by atoms with Crippen LogP contribution in [-0.2, 0) is 4.79 Å². The second-order valence-electron chi connectivity index (χ2n) is 4.59. The molecule has 0 heterocycles. The molecule has 1 amide bonds. The summed E-state index contributed by atoms with van der Waals surface area (Å²) in [5.41, 5.74) is 2.90. The molecule has 0 aliphatic rings. The maximum Gasteiger partial charge on any atom is 0.280 e. The Morgan fingerprint density at radius 2 is 1.83 bits per heavy atom. The van der Waals surface area contributed by atoms with Crippen molar-refractivity contribution in [1.29, 1.82) is 0 Å². The summed E-state index contributed by atoms with van der Waals surface area (Å²) in [6.07, 6.45) is 0.640. The van der Waals surface area contributed by atoms with Crippen molar-refractivity contribution >= 4 is 46.9 Å². The van der Waals surface area contributed by atoms with Gasteiger partial charge in [0.15, 0.2) is 6.10 Å². The van der Waals surface area contributed by atoms with E-state index in [9.17, 15) is 4.79 Å². The maximum absolute atomic E-state index is 11.9. The number of rotatable bonds is 5. The summed E-state index contributed by atoms with van der Waals surface area (Å²) in [5.74, 6) is 0.0858. The molecule has 0 spiro atoms. The van der Waals surface area contributed by atoms with E-state index in [-0.39, 0.29) is 0 Å². The Morgan fingerprint density at radius 3 is 2.48 bits per heavy atom. The third kappa shape index (κ3) is 5.13. The van der Waals surface area contributed by atoms with E-state index in [0.717, 1.165) is 0 Å². The molecule has 0 unspecified atom stereocenters. The van der Waals surface area contributed by atoms with Crippen LogP contribution in [0.3, 0.4) is 0 Å². The molecule has 7 heteroatoms. The molecule has 0 aliphatic heterocycles. The van der Waals surface area contributed by atoms with Crippen LogP contribution in [0, 0.1) is 0 Å². The van der Waals surface area contributed by atoms with Crippen LogP contribution in [0.15, 0.2) is 47.6 Å². The quantitative estimate of drug-likeness (QED) is 0.618. The number of hydrazone groups is 1. The smallest absolute Gasteiger partial charge is 0.280 e. The normalized spacial score (nSPS) is 12.2. The molecule has 1 N–H and O–H groups in total. The van der Waals surface area contributed by atoms with Gasteiger partial charge in [-0.3, -0.25) is 4.79 Å². The van der Waals surface area contributed by atoms with Gasteiger partial charge in [-0.25, -0.2) is 5.43 Å². The lowest BCUT2D eigenvalue weighted by Gasteiger charge is -2.13. The highest BCUT2D eigenvalue weighted by atomic mass is 35.5. The monoisotopic (exact) mass is 370 g/mol. The first-order chi connectivity index (χ1) is 11.0. The highest BCUT2D eigenvalue weighted by molar-refractivity contribution is 6.38. The van der Waals surface area contributed by atoms with Crippen LogP contribution in [-0.4, -0.2) is 18.2 Å². The van der Waals surface area contributed by atoms with Gasteiger partial charge >= 0.3 is 0 Å². The van der Waals surface area contributed by atoms with Crippen molar-refractivity contribution in [2.45, 2.75) is 13.0 Å². The van der Waals surface area contributed by atoms with E-state index in [2.05, 4.69) is 10.5 Å². The highest BCUT2D eigenvalue weighted by Gasteiger charge is 2.14. The predicted octanol–water partition coefficient (Wildman–Crippen LogP) is 4.56. The summed E-state index contributed by atoms with van der Waals surface area (Å²) >= 11 is 17.9. The van der Waals surface area contributed by atoms with E-state index < -0.39 is 12.0 Å². The Hall–Kier alpha value is -1.75. The van der Waals surface area contributed by atoms with Crippen LogP contribution in [0.5, 0.6) is 5.75 Å². The van der Waals surface area contributed by atoms with Crippen molar-refractivity contribution in [2.24, 2.45) is 5.10 Å². The van der Waals surface area contributed by atoms with Gasteiger partial charge in [0.2, 0.25) is 0 Å². The van der Waals surface area contributed by atoms with Gasteiger partial charge in [-0.15, -0.1) is 0 Å². The molecule has 120 valence electrons. The molecule has 1 atom stereocenters. The van der Waals surface area contributed by atoms with Crippen molar-refractivity contribution in [1.82, 2.24) is 5.43 Å². The van der Waals surface area contributed by atoms with E-state index in [1.54, 1.807) is 49.4 Å². The van der Waals surface area contributed by atoms with Gasteiger partial charge in [0.25, 0.3) is 5.91 Å². The average Bonchev–Trinajstić information content (AvgIpc) is 2.50. The first kappa shape index (κ1) is 17.6. The van der Waals surface area contributed by atoms with Crippen LogP contribution in [0.1, 0.15) is 12.5 Å². The first-order valence-corrected chi connectivity index (χ1v) is 7.80. The number of hydrogen-bond acceptors (Lipinski definition) is 3. The molecule has 0 aliphatic carbocycles. The number of benzene rings is 2. The lowest BCUT2D eigenvalue weighted by Crippen LogP contribution is -2.33. The van der Waals surface area contributed by atoms with E-state index in [4.69, 9.17) is 39.5 Å². The lowest BCUT2D eigenvalue weighted by molar-refractivity contribution is -0.127. The molecule has 0 bridgehead atoms. The van der Waals surface area contributed by atoms with Crippen LogP contribution in [0.25, 0.3) is 0 Å². The molecule has 0 saturated carbocycles. The number of nitrogens with one attached hydrogen (secondary N) is 1. The second-order valence-corrected chi connectivity index (χ2v) is 5.84. The minimum absolute atomic E-state index is 0.413. The summed E-state index contributed by atoms with van der Waals surface area (Å²) in [7, 11) is 0. The Labute approximate surface area is 149 Å². The molecule has 2 aromatic carbocycles. The first-order valence-electron chi connectivity index (χ1n) is 6.66. The molecule has 4 nitrogen and oxygen atoms in total. The van der Waals surface area contributed by atoms with Gasteiger partial charge in [0, 0.05) is 10.6 Å². The van der Waals surface area contributed by atoms with Crippen molar-refractivity contribution in [2.75, 3.05) is 0 Å². The van der Waals surface area contributed by atoms with E-state index in [0.29, 0.717) is 26.4 Å². The number of carbonyl (C=O) groups is 1. The molecule has 23 heavy (non-hydrogen) atoms. The fraction of sp³-hybridized carbons (Fsp3) is 0.125. The van der Waals surface area contributed by atoms with Gasteiger partial charge < -0.3 is 4.74 Å². The number of amides is 1. The van der Waals surface area contributed by atoms with Gasteiger partial charge in [-0.2, -0.15) is 5.10 Å².